The maximum absolute atomic E-state index is 12.5. The third-order valence-electron chi connectivity index (χ3n) is 2.38. The second-order valence-corrected chi connectivity index (χ2v) is 4.06. The molecule has 1 heterocycles. The molecule has 10 heteroatoms. The molecule has 0 aliphatic rings. The summed E-state index contributed by atoms with van der Waals surface area (Å²) in [5.41, 5.74) is -3.46. The van der Waals surface area contributed by atoms with Gasteiger partial charge in [0.15, 0.2) is 0 Å². The molecule has 21 heavy (non-hydrogen) atoms. The first-order chi connectivity index (χ1) is 9.50. The Bertz CT molecular complexity index is 480. The van der Waals surface area contributed by atoms with E-state index >= 15 is 0 Å². The Kier molecular flexibility index (Phi) is 5.02. The highest BCUT2D eigenvalue weighted by molar-refractivity contribution is 5.64. The molecule has 0 spiro atoms. The maximum atomic E-state index is 12.5. The first-order valence-corrected chi connectivity index (χ1v) is 5.62. The molecule has 118 valence electrons. The second kappa shape index (κ2) is 6.19. The van der Waals surface area contributed by atoms with Gasteiger partial charge in [0, 0.05) is 12.2 Å². The van der Waals surface area contributed by atoms with Crippen molar-refractivity contribution in [2.75, 3.05) is 6.54 Å². The van der Waals surface area contributed by atoms with Gasteiger partial charge in [0.05, 0.1) is 5.56 Å². The first-order valence-electron chi connectivity index (χ1n) is 5.62. The van der Waals surface area contributed by atoms with Gasteiger partial charge in [0.25, 0.3) is 0 Å². The molecule has 1 amide bonds. The van der Waals surface area contributed by atoms with E-state index in [9.17, 15) is 31.1 Å². The van der Waals surface area contributed by atoms with Gasteiger partial charge >= 0.3 is 18.4 Å². The lowest BCUT2D eigenvalue weighted by atomic mass is 10.1. The summed E-state index contributed by atoms with van der Waals surface area (Å²) in [5.74, 6) is 0. The number of nitrogens with zero attached hydrogens (tertiary/aromatic N) is 1. The van der Waals surface area contributed by atoms with Crippen LogP contribution in [0.3, 0.4) is 0 Å². The van der Waals surface area contributed by atoms with Crippen LogP contribution in [0, 0.1) is 0 Å². The lowest BCUT2D eigenvalue weighted by Gasteiger charge is -2.13. The molecule has 0 radical (unpaired) electrons. The van der Waals surface area contributed by atoms with Crippen LogP contribution in [0.4, 0.5) is 31.1 Å². The van der Waals surface area contributed by atoms with Crippen LogP contribution in [0.25, 0.3) is 0 Å². The van der Waals surface area contributed by atoms with Crippen molar-refractivity contribution in [3.8, 4) is 0 Å². The van der Waals surface area contributed by atoms with Crippen LogP contribution in [0.1, 0.15) is 23.4 Å². The van der Waals surface area contributed by atoms with Crippen molar-refractivity contribution in [1.82, 2.24) is 10.3 Å². The molecular formula is C11H10F6N2O2. The Labute approximate surface area is 114 Å². The summed E-state index contributed by atoms with van der Waals surface area (Å²) in [6.07, 6.45) is -11.4. The quantitative estimate of drug-likeness (QED) is 0.662. The number of carbonyl (C=O) groups is 1. The minimum atomic E-state index is -4.99. The molecule has 0 fully saturated rings. The molecule has 0 aromatic carbocycles. The SMILES string of the molecule is O=C(O)NCCCc1cc(C(F)(F)F)cc(C(F)(F)F)n1. The number of aromatic nitrogens is 1. The molecule has 0 saturated heterocycles. The van der Waals surface area contributed by atoms with E-state index in [2.05, 4.69) is 4.98 Å². The van der Waals surface area contributed by atoms with Crippen molar-refractivity contribution < 1.29 is 36.2 Å². The van der Waals surface area contributed by atoms with Gasteiger partial charge in [-0.3, -0.25) is 0 Å². The van der Waals surface area contributed by atoms with Gasteiger partial charge in [0.2, 0.25) is 0 Å². The number of hydrogen-bond donors (Lipinski definition) is 2. The van der Waals surface area contributed by atoms with Crippen LogP contribution in [0.5, 0.6) is 0 Å². The zero-order chi connectivity index (χ0) is 16.3. The summed E-state index contributed by atoms with van der Waals surface area (Å²) in [7, 11) is 0. The summed E-state index contributed by atoms with van der Waals surface area (Å²) in [6.45, 7) is -0.103. The molecule has 2 N–H and O–H groups in total. The van der Waals surface area contributed by atoms with Gasteiger partial charge in [-0.05, 0) is 25.0 Å². The van der Waals surface area contributed by atoms with Crippen molar-refractivity contribution in [2.24, 2.45) is 0 Å². The Balaban J connectivity index is 2.95. The molecule has 1 aromatic heterocycles. The molecule has 1 aromatic rings. The minimum Gasteiger partial charge on any atom is -0.465 e. The van der Waals surface area contributed by atoms with E-state index in [1.165, 1.54) is 0 Å². The summed E-state index contributed by atoms with van der Waals surface area (Å²) < 4.78 is 75.2. The molecule has 4 nitrogen and oxygen atoms in total. The fourth-order valence-electron chi connectivity index (χ4n) is 1.49. The number of amides is 1. The number of halogens is 6. The van der Waals surface area contributed by atoms with E-state index in [1.54, 1.807) is 0 Å². The van der Waals surface area contributed by atoms with Crippen LogP contribution in [0.15, 0.2) is 12.1 Å². The minimum absolute atomic E-state index is 0.0257. The van der Waals surface area contributed by atoms with Gasteiger partial charge in [-0.25, -0.2) is 9.78 Å². The van der Waals surface area contributed by atoms with Gasteiger partial charge in [-0.15, -0.1) is 0 Å². The van der Waals surface area contributed by atoms with E-state index in [1.807, 2.05) is 5.32 Å². The standard InChI is InChI=1S/C11H10F6N2O2/c12-10(13,14)6-4-7(2-1-3-18-9(20)21)19-8(5-6)11(15,16)17/h4-5,18H,1-3H2,(H,20,21). The van der Waals surface area contributed by atoms with Crippen molar-refractivity contribution in [3.63, 3.8) is 0 Å². The van der Waals surface area contributed by atoms with Crippen molar-refractivity contribution in [1.29, 1.82) is 0 Å². The molecule has 1 rings (SSSR count). The summed E-state index contributed by atoms with van der Waals surface area (Å²) >= 11 is 0. The Morgan fingerprint density at radius 3 is 2.24 bits per heavy atom. The average molecular weight is 316 g/mol. The molecule has 0 aliphatic carbocycles. The van der Waals surface area contributed by atoms with Gasteiger partial charge in [0.1, 0.15) is 5.69 Å². The number of rotatable bonds is 4. The number of pyridine rings is 1. The summed E-state index contributed by atoms with van der Waals surface area (Å²) in [5, 5.41) is 10.2. The molecule has 0 unspecified atom stereocenters. The van der Waals surface area contributed by atoms with E-state index in [-0.39, 0.29) is 25.5 Å². The van der Waals surface area contributed by atoms with Gasteiger partial charge in [-0.2, -0.15) is 26.3 Å². The Hall–Kier alpha value is -2.00. The highest BCUT2D eigenvalue weighted by Gasteiger charge is 2.38. The largest absolute Gasteiger partial charge is 0.465 e. The lowest BCUT2D eigenvalue weighted by Crippen LogP contribution is -2.22. The molecule has 0 aliphatic heterocycles. The Morgan fingerprint density at radius 2 is 1.76 bits per heavy atom. The summed E-state index contributed by atoms with van der Waals surface area (Å²) in [6, 6.07) is 0.467. The second-order valence-electron chi connectivity index (χ2n) is 4.06. The molecule has 0 bridgehead atoms. The topological polar surface area (TPSA) is 62.2 Å². The van der Waals surface area contributed by atoms with Crippen molar-refractivity contribution in [2.45, 2.75) is 25.2 Å². The van der Waals surface area contributed by atoms with Crippen molar-refractivity contribution in [3.05, 3.63) is 29.1 Å². The van der Waals surface area contributed by atoms with E-state index in [4.69, 9.17) is 5.11 Å². The Morgan fingerprint density at radius 1 is 1.14 bits per heavy atom. The third kappa shape index (κ3) is 5.48. The smallest absolute Gasteiger partial charge is 0.433 e. The predicted octanol–water partition coefficient (Wildman–Crippen LogP) is 3.32. The van der Waals surface area contributed by atoms with Crippen LogP contribution in [-0.2, 0) is 18.8 Å². The monoisotopic (exact) mass is 316 g/mol. The van der Waals surface area contributed by atoms with Crippen LogP contribution >= 0.6 is 0 Å². The number of alkyl halides is 6. The number of aryl methyl sites for hydroxylation is 1. The van der Waals surface area contributed by atoms with Gasteiger partial charge in [-0.1, -0.05) is 0 Å². The van der Waals surface area contributed by atoms with E-state index in [0.29, 0.717) is 6.07 Å². The molecular weight excluding hydrogens is 306 g/mol. The first kappa shape index (κ1) is 17.1. The van der Waals surface area contributed by atoms with Crippen molar-refractivity contribution >= 4 is 6.09 Å². The van der Waals surface area contributed by atoms with E-state index < -0.39 is 35.4 Å². The highest BCUT2D eigenvalue weighted by Crippen LogP contribution is 2.34. The van der Waals surface area contributed by atoms with Crippen LogP contribution < -0.4 is 5.32 Å². The highest BCUT2D eigenvalue weighted by atomic mass is 19.4. The third-order valence-corrected chi connectivity index (χ3v) is 2.38. The predicted molar refractivity (Wildman–Crippen MR) is 58.6 cm³/mol. The summed E-state index contributed by atoms with van der Waals surface area (Å²) in [4.78, 5) is 13.3. The fraction of sp³-hybridized carbons (Fsp3) is 0.455. The fourth-order valence-corrected chi connectivity index (χ4v) is 1.49. The zero-order valence-electron chi connectivity index (χ0n) is 10.3. The van der Waals surface area contributed by atoms with Gasteiger partial charge < -0.3 is 10.4 Å². The van der Waals surface area contributed by atoms with E-state index in [0.717, 1.165) is 0 Å². The lowest BCUT2D eigenvalue weighted by molar-refractivity contribution is -0.145. The van der Waals surface area contributed by atoms with Crippen LogP contribution in [0.2, 0.25) is 0 Å². The average Bonchev–Trinajstić information content (AvgIpc) is 2.32. The number of hydrogen-bond acceptors (Lipinski definition) is 2. The molecule has 0 atom stereocenters. The number of carboxylic acid groups (broad SMARTS) is 1. The normalized spacial score (nSPS) is 12.3. The van der Waals surface area contributed by atoms with Crippen LogP contribution in [-0.4, -0.2) is 22.7 Å². The number of nitrogens with one attached hydrogen (secondary N) is 1. The zero-order valence-corrected chi connectivity index (χ0v) is 10.3. The maximum Gasteiger partial charge on any atom is 0.433 e. The molecule has 0 saturated carbocycles.